The predicted octanol–water partition coefficient (Wildman–Crippen LogP) is 2.63. The molecule has 33 heavy (non-hydrogen) atoms. The molecule has 0 radical (unpaired) electrons. The van der Waals surface area contributed by atoms with E-state index in [0.717, 1.165) is 24.0 Å². The molecule has 2 aliphatic heterocycles. The molecule has 10 heteroatoms. The molecule has 4 heterocycles. The number of carbonyl (C=O) groups is 2. The lowest BCUT2D eigenvalue weighted by molar-refractivity contribution is -0.133. The third kappa shape index (κ3) is 3.53. The Morgan fingerprint density at radius 2 is 1.85 bits per heavy atom. The quantitative estimate of drug-likeness (QED) is 0.471. The lowest BCUT2D eigenvalue weighted by Gasteiger charge is -2.31. The average Bonchev–Trinajstić information content (AvgIpc) is 3.58. The number of fused-ring (bicyclic) bond motifs is 2. The molecule has 0 aliphatic carbocycles. The molecule has 10 nitrogen and oxygen atoms in total. The number of carbonyl (C=O) groups excluding carboxylic acids is 2. The van der Waals surface area contributed by atoms with Gasteiger partial charge in [-0.3, -0.25) is 9.59 Å². The van der Waals surface area contributed by atoms with Gasteiger partial charge in [0, 0.05) is 36.7 Å². The number of hydrogen-bond donors (Lipinski definition) is 0. The summed E-state index contributed by atoms with van der Waals surface area (Å²) < 4.78 is 10.3. The maximum absolute atomic E-state index is 12.8. The minimum Gasteiger partial charge on any atom is -0.341 e. The molecular formula is C23H20N6O4. The number of benzene rings is 2. The van der Waals surface area contributed by atoms with Crippen LogP contribution >= 0.6 is 0 Å². The normalized spacial score (nSPS) is 16.5. The fourth-order valence-electron chi connectivity index (χ4n) is 4.52. The Hall–Kier alpha value is -4.08. The lowest BCUT2D eigenvalue weighted by atomic mass is 9.96. The van der Waals surface area contributed by atoms with Gasteiger partial charge in [-0.05, 0) is 53.0 Å². The van der Waals surface area contributed by atoms with Gasteiger partial charge in [-0.1, -0.05) is 23.4 Å². The zero-order valence-electron chi connectivity index (χ0n) is 17.7. The molecule has 0 N–H and O–H groups in total. The van der Waals surface area contributed by atoms with E-state index in [2.05, 4.69) is 20.5 Å². The summed E-state index contributed by atoms with van der Waals surface area (Å²) in [5.41, 5.74) is 3.73. The minimum atomic E-state index is -0.0770. The third-order valence-electron chi connectivity index (χ3n) is 6.37. The van der Waals surface area contributed by atoms with Crippen molar-refractivity contribution in [1.29, 1.82) is 0 Å². The van der Waals surface area contributed by atoms with E-state index in [-0.39, 0.29) is 24.3 Å². The summed E-state index contributed by atoms with van der Waals surface area (Å²) in [5, 5.41) is 11.8. The molecule has 0 unspecified atom stereocenters. The van der Waals surface area contributed by atoms with Crippen LogP contribution in [-0.2, 0) is 11.3 Å². The number of aromatic nitrogens is 4. The number of hydrogen-bond acceptors (Lipinski definition) is 8. The van der Waals surface area contributed by atoms with Crippen LogP contribution in [0.4, 0.5) is 0 Å². The van der Waals surface area contributed by atoms with Gasteiger partial charge in [0.2, 0.25) is 17.6 Å². The second-order valence-electron chi connectivity index (χ2n) is 8.40. The Bertz CT molecular complexity index is 1350. The first-order valence-electron chi connectivity index (χ1n) is 10.9. The van der Waals surface area contributed by atoms with E-state index in [4.69, 9.17) is 9.15 Å². The van der Waals surface area contributed by atoms with Crippen molar-refractivity contribution < 1.29 is 18.7 Å². The van der Waals surface area contributed by atoms with Gasteiger partial charge in [-0.15, -0.1) is 0 Å². The minimum absolute atomic E-state index is 0.0321. The molecule has 2 aliphatic rings. The van der Waals surface area contributed by atoms with Gasteiger partial charge in [0.05, 0.1) is 0 Å². The van der Waals surface area contributed by atoms with Crippen molar-refractivity contribution in [3.63, 3.8) is 0 Å². The van der Waals surface area contributed by atoms with Gasteiger partial charge in [0.15, 0.2) is 0 Å². The number of rotatable bonds is 4. The molecule has 0 saturated carbocycles. The molecule has 2 amide bonds. The van der Waals surface area contributed by atoms with Crippen molar-refractivity contribution in [3.8, 4) is 11.4 Å². The van der Waals surface area contributed by atoms with Crippen molar-refractivity contribution in [2.45, 2.75) is 25.3 Å². The Labute approximate surface area is 188 Å². The molecule has 0 atom stereocenters. The molecule has 2 aromatic carbocycles. The van der Waals surface area contributed by atoms with Crippen LogP contribution in [0.3, 0.4) is 0 Å². The monoisotopic (exact) mass is 444 g/mol. The largest absolute Gasteiger partial charge is 0.341 e. The molecule has 0 bridgehead atoms. The zero-order valence-corrected chi connectivity index (χ0v) is 17.7. The number of likely N-dealkylation sites (tertiary alicyclic amines) is 1. The van der Waals surface area contributed by atoms with E-state index < -0.39 is 0 Å². The maximum Gasteiger partial charge on any atom is 0.254 e. The Kier molecular flexibility index (Phi) is 4.63. The summed E-state index contributed by atoms with van der Waals surface area (Å²) in [7, 11) is 0. The van der Waals surface area contributed by atoms with Crippen LogP contribution in [0.25, 0.3) is 22.4 Å². The second kappa shape index (κ2) is 7.80. The van der Waals surface area contributed by atoms with E-state index in [1.54, 1.807) is 17.0 Å². The van der Waals surface area contributed by atoms with Crippen LogP contribution in [0.15, 0.2) is 51.6 Å². The van der Waals surface area contributed by atoms with Crippen molar-refractivity contribution in [3.05, 3.63) is 59.5 Å². The predicted molar refractivity (Wildman–Crippen MR) is 115 cm³/mol. The Balaban J connectivity index is 1.07. The van der Waals surface area contributed by atoms with Crippen LogP contribution in [0.1, 0.15) is 40.6 Å². The molecule has 2 aromatic heterocycles. The van der Waals surface area contributed by atoms with Crippen molar-refractivity contribution in [2.75, 3.05) is 19.6 Å². The van der Waals surface area contributed by atoms with E-state index in [0.29, 0.717) is 47.9 Å². The summed E-state index contributed by atoms with van der Waals surface area (Å²) in [4.78, 5) is 33.4. The highest BCUT2D eigenvalue weighted by molar-refractivity contribution is 6.00. The number of nitrogens with zero attached hydrogens (tertiary/aromatic N) is 6. The van der Waals surface area contributed by atoms with Crippen LogP contribution < -0.4 is 0 Å². The molecule has 0 spiro atoms. The maximum atomic E-state index is 12.8. The Morgan fingerprint density at radius 3 is 2.70 bits per heavy atom. The summed E-state index contributed by atoms with van der Waals surface area (Å²) in [6, 6.07) is 13.0. The van der Waals surface area contributed by atoms with Crippen molar-refractivity contribution in [1.82, 2.24) is 30.3 Å². The Morgan fingerprint density at radius 1 is 1.03 bits per heavy atom. The molecular weight excluding hydrogens is 424 g/mol. The van der Waals surface area contributed by atoms with E-state index in [1.165, 1.54) is 0 Å². The highest BCUT2D eigenvalue weighted by atomic mass is 16.6. The summed E-state index contributed by atoms with van der Waals surface area (Å²) >= 11 is 0. The van der Waals surface area contributed by atoms with E-state index >= 15 is 0 Å². The summed E-state index contributed by atoms with van der Waals surface area (Å²) in [6.07, 6.45) is 1.46. The fraction of sp³-hybridized carbons (Fsp3) is 0.304. The second-order valence-corrected chi connectivity index (χ2v) is 8.40. The molecule has 166 valence electrons. The SMILES string of the molecule is O=C(CN1Cc2ccccc2C1=O)N1CCC(c2nc(-c3ccc4nonc4c3)no2)CC1. The van der Waals surface area contributed by atoms with Gasteiger partial charge < -0.3 is 14.3 Å². The van der Waals surface area contributed by atoms with Crippen LogP contribution in [0.5, 0.6) is 0 Å². The van der Waals surface area contributed by atoms with Gasteiger partial charge >= 0.3 is 0 Å². The first-order chi connectivity index (χ1) is 16.2. The lowest BCUT2D eigenvalue weighted by Crippen LogP contribution is -2.44. The standard InChI is InChI=1S/C23H20N6O4/c30-20(13-29-12-16-3-1-2-4-17(16)23(29)31)28-9-7-14(8-10-28)22-24-21(27-32-22)15-5-6-18-19(11-15)26-33-25-18/h1-6,11,14H,7-10,12-13H2. The first-order valence-corrected chi connectivity index (χ1v) is 10.9. The number of piperidine rings is 1. The summed E-state index contributed by atoms with van der Waals surface area (Å²) in [6.45, 7) is 1.76. The average molecular weight is 444 g/mol. The van der Waals surface area contributed by atoms with Crippen molar-refractivity contribution >= 4 is 22.8 Å². The van der Waals surface area contributed by atoms with Gasteiger partial charge in [-0.25, -0.2) is 4.63 Å². The van der Waals surface area contributed by atoms with E-state index in [9.17, 15) is 9.59 Å². The van der Waals surface area contributed by atoms with Gasteiger partial charge in [0.1, 0.15) is 17.6 Å². The van der Waals surface area contributed by atoms with Crippen LogP contribution in [-0.4, -0.2) is 61.7 Å². The molecule has 1 fully saturated rings. The molecule has 6 rings (SSSR count). The highest BCUT2D eigenvalue weighted by Crippen LogP contribution is 2.30. The van der Waals surface area contributed by atoms with Crippen LogP contribution in [0, 0.1) is 0 Å². The van der Waals surface area contributed by atoms with Crippen LogP contribution in [0.2, 0.25) is 0 Å². The summed E-state index contributed by atoms with van der Waals surface area (Å²) in [5.74, 6) is 1.04. The molecule has 4 aromatic rings. The van der Waals surface area contributed by atoms with Crippen molar-refractivity contribution in [2.24, 2.45) is 0 Å². The number of amides is 2. The first kappa shape index (κ1) is 19.6. The third-order valence-corrected chi connectivity index (χ3v) is 6.37. The fourth-order valence-corrected chi connectivity index (χ4v) is 4.52. The zero-order chi connectivity index (χ0) is 22.4. The van der Waals surface area contributed by atoms with E-state index in [1.807, 2.05) is 35.2 Å². The topological polar surface area (TPSA) is 118 Å². The van der Waals surface area contributed by atoms with Gasteiger partial charge in [-0.2, -0.15) is 4.98 Å². The van der Waals surface area contributed by atoms with Gasteiger partial charge in [0.25, 0.3) is 5.91 Å². The molecule has 1 saturated heterocycles. The highest BCUT2D eigenvalue weighted by Gasteiger charge is 2.32. The smallest absolute Gasteiger partial charge is 0.254 e.